The molecule has 2 aliphatic rings. The van der Waals surface area contributed by atoms with Crippen LogP contribution in [0, 0.1) is 5.92 Å². The van der Waals surface area contributed by atoms with Crippen LogP contribution in [0.4, 0.5) is 4.79 Å². The zero-order chi connectivity index (χ0) is 11.4. The van der Waals surface area contributed by atoms with Crippen molar-refractivity contribution in [3.8, 4) is 0 Å². The molecule has 1 saturated carbocycles. The average Bonchev–Trinajstić information content (AvgIpc) is 2.80. The summed E-state index contributed by atoms with van der Waals surface area (Å²) in [6, 6.07) is 0.324. The molecule has 0 aromatic carbocycles. The molecule has 1 aliphatic carbocycles. The van der Waals surface area contributed by atoms with Crippen molar-refractivity contribution in [2.75, 3.05) is 19.6 Å². The molecule has 1 aliphatic heterocycles. The molecule has 0 aromatic rings. The molecule has 0 radical (unpaired) electrons. The highest BCUT2D eigenvalue weighted by molar-refractivity contribution is 5.72. The van der Waals surface area contributed by atoms with Gasteiger partial charge in [-0.2, -0.15) is 0 Å². The van der Waals surface area contributed by atoms with Gasteiger partial charge in [0.15, 0.2) is 0 Å². The fourth-order valence-electron chi connectivity index (χ4n) is 2.85. The Hall–Kier alpha value is -0.770. The Morgan fingerprint density at radius 2 is 1.81 bits per heavy atom. The van der Waals surface area contributed by atoms with Gasteiger partial charge in [0, 0.05) is 19.1 Å². The van der Waals surface area contributed by atoms with Gasteiger partial charge in [-0.3, -0.25) is 0 Å². The van der Waals surface area contributed by atoms with Crippen molar-refractivity contribution in [2.45, 2.75) is 44.6 Å². The normalized spacial score (nSPS) is 23.9. The van der Waals surface area contributed by atoms with E-state index in [-0.39, 0.29) is 6.03 Å². The highest BCUT2D eigenvalue weighted by Crippen LogP contribution is 2.24. The van der Waals surface area contributed by atoms with Gasteiger partial charge in [-0.1, -0.05) is 12.8 Å². The van der Waals surface area contributed by atoms with E-state index in [1.165, 1.54) is 32.2 Å². The lowest BCUT2D eigenvalue weighted by molar-refractivity contribution is 0.184. The third-order valence-corrected chi connectivity index (χ3v) is 3.98. The van der Waals surface area contributed by atoms with Gasteiger partial charge in [0.25, 0.3) is 0 Å². The van der Waals surface area contributed by atoms with Crippen LogP contribution >= 0.6 is 0 Å². The van der Waals surface area contributed by atoms with Crippen LogP contribution in [0.5, 0.6) is 0 Å². The smallest absolute Gasteiger partial charge is 0.314 e. The molecule has 4 nitrogen and oxygen atoms in total. The van der Waals surface area contributed by atoms with E-state index in [9.17, 15) is 4.79 Å². The summed E-state index contributed by atoms with van der Waals surface area (Å²) >= 11 is 0. The Morgan fingerprint density at radius 3 is 2.38 bits per heavy atom. The monoisotopic (exact) mass is 225 g/mol. The number of nitrogens with two attached hydrogens (primary N) is 1. The SMILES string of the molecule is NC(=O)N1CCC(NCC2CCCC2)CC1. The lowest BCUT2D eigenvalue weighted by atomic mass is 10.0. The molecule has 4 heteroatoms. The van der Waals surface area contributed by atoms with E-state index in [1.807, 2.05) is 0 Å². The summed E-state index contributed by atoms with van der Waals surface area (Å²) in [5.41, 5.74) is 5.25. The number of carbonyl (C=O) groups excluding carboxylic acids is 1. The van der Waals surface area contributed by atoms with E-state index < -0.39 is 0 Å². The van der Waals surface area contributed by atoms with E-state index in [4.69, 9.17) is 5.73 Å². The molecule has 0 bridgehead atoms. The predicted octanol–water partition coefficient (Wildman–Crippen LogP) is 1.31. The van der Waals surface area contributed by atoms with E-state index in [0.717, 1.165) is 31.8 Å². The maximum absolute atomic E-state index is 11.0. The number of primary amides is 1. The summed E-state index contributed by atoms with van der Waals surface area (Å²) < 4.78 is 0. The standard InChI is InChI=1S/C12H23N3O/c13-12(16)15-7-5-11(6-8-15)14-9-10-3-1-2-4-10/h10-11,14H,1-9H2,(H2,13,16). The summed E-state index contributed by atoms with van der Waals surface area (Å²) in [4.78, 5) is 12.7. The molecular weight excluding hydrogens is 202 g/mol. The number of urea groups is 1. The predicted molar refractivity (Wildman–Crippen MR) is 64.1 cm³/mol. The molecule has 3 N–H and O–H groups in total. The van der Waals surface area contributed by atoms with Gasteiger partial charge in [-0.25, -0.2) is 4.79 Å². The van der Waals surface area contributed by atoms with Crippen molar-refractivity contribution < 1.29 is 4.79 Å². The minimum atomic E-state index is -0.269. The highest BCUT2D eigenvalue weighted by atomic mass is 16.2. The third kappa shape index (κ3) is 3.11. The summed E-state index contributed by atoms with van der Waals surface area (Å²) in [5.74, 6) is 0.897. The number of piperidine rings is 1. The minimum absolute atomic E-state index is 0.269. The highest BCUT2D eigenvalue weighted by Gasteiger charge is 2.22. The first-order valence-electron chi connectivity index (χ1n) is 6.53. The van der Waals surface area contributed by atoms with Gasteiger partial charge in [0.2, 0.25) is 0 Å². The van der Waals surface area contributed by atoms with Crippen molar-refractivity contribution in [3.63, 3.8) is 0 Å². The topological polar surface area (TPSA) is 58.4 Å². The fraction of sp³-hybridized carbons (Fsp3) is 0.917. The summed E-state index contributed by atoms with van der Waals surface area (Å²) in [7, 11) is 0. The zero-order valence-corrected chi connectivity index (χ0v) is 9.95. The number of carbonyl (C=O) groups is 1. The van der Waals surface area contributed by atoms with Crippen LogP contribution in [0.3, 0.4) is 0 Å². The Bertz CT molecular complexity index is 230. The van der Waals surface area contributed by atoms with Crippen molar-refractivity contribution in [1.82, 2.24) is 10.2 Å². The van der Waals surface area contributed by atoms with Gasteiger partial charge >= 0.3 is 6.03 Å². The second-order valence-corrected chi connectivity index (χ2v) is 5.16. The van der Waals surface area contributed by atoms with Gasteiger partial charge < -0.3 is 16.0 Å². The van der Waals surface area contributed by atoms with Crippen molar-refractivity contribution in [1.29, 1.82) is 0 Å². The van der Waals surface area contributed by atoms with Crippen LogP contribution in [0.15, 0.2) is 0 Å². The number of nitrogens with zero attached hydrogens (tertiary/aromatic N) is 1. The Morgan fingerprint density at radius 1 is 1.19 bits per heavy atom. The van der Waals surface area contributed by atoms with E-state index in [2.05, 4.69) is 5.32 Å². The first-order chi connectivity index (χ1) is 7.75. The van der Waals surface area contributed by atoms with Crippen molar-refractivity contribution in [2.24, 2.45) is 11.7 Å². The van der Waals surface area contributed by atoms with E-state index >= 15 is 0 Å². The molecule has 2 fully saturated rings. The van der Waals surface area contributed by atoms with Crippen LogP contribution in [-0.2, 0) is 0 Å². The lowest BCUT2D eigenvalue weighted by Gasteiger charge is -2.31. The molecule has 16 heavy (non-hydrogen) atoms. The first kappa shape index (κ1) is 11.7. The maximum Gasteiger partial charge on any atom is 0.314 e. The molecule has 0 atom stereocenters. The molecule has 2 amide bonds. The summed E-state index contributed by atoms with van der Waals surface area (Å²) in [6.07, 6.45) is 7.71. The van der Waals surface area contributed by atoms with Gasteiger partial charge in [-0.05, 0) is 38.1 Å². The Labute approximate surface area is 97.6 Å². The number of likely N-dealkylation sites (tertiary alicyclic amines) is 1. The van der Waals surface area contributed by atoms with E-state index in [0.29, 0.717) is 6.04 Å². The van der Waals surface area contributed by atoms with Crippen LogP contribution in [0.2, 0.25) is 0 Å². The second-order valence-electron chi connectivity index (χ2n) is 5.16. The average molecular weight is 225 g/mol. The second kappa shape index (κ2) is 5.53. The maximum atomic E-state index is 11.0. The Kier molecular flexibility index (Phi) is 4.04. The molecular formula is C12H23N3O. The van der Waals surface area contributed by atoms with Crippen molar-refractivity contribution >= 4 is 6.03 Å². The molecule has 1 heterocycles. The summed E-state index contributed by atoms with van der Waals surface area (Å²) in [6.45, 7) is 2.80. The quantitative estimate of drug-likeness (QED) is 0.761. The molecule has 0 aromatic heterocycles. The number of nitrogens with one attached hydrogen (secondary N) is 1. The van der Waals surface area contributed by atoms with Crippen molar-refractivity contribution in [3.05, 3.63) is 0 Å². The molecule has 0 spiro atoms. The minimum Gasteiger partial charge on any atom is -0.351 e. The molecule has 0 unspecified atom stereocenters. The summed E-state index contributed by atoms with van der Waals surface area (Å²) in [5, 5.41) is 3.64. The third-order valence-electron chi connectivity index (χ3n) is 3.98. The van der Waals surface area contributed by atoms with Crippen LogP contribution in [-0.4, -0.2) is 36.6 Å². The lowest BCUT2D eigenvalue weighted by Crippen LogP contribution is -2.47. The van der Waals surface area contributed by atoms with Gasteiger partial charge in [0.05, 0.1) is 0 Å². The number of rotatable bonds is 3. The first-order valence-corrected chi connectivity index (χ1v) is 6.53. The van der Waals surface area contributed by atoms with Crippen LogP contribution in [0.25, 0.3) is 0 Å². The molecule has 1 saturated heterocycles. The van der Waals surface area contributed by atoms with Crippen LogP contribution < -0.4 is 11.1 Å². The number of hydrogen-bond donors (Lipinski definition) is 2. The van der Waals surface area contributed by atoms with Gasteiger partial charge in [-0.15, -0.1) is 0 Å². The zero-order valence-electron chi connectivity index (χ0n) is 9.95. The fourth-order valence-corrected chi connectivity index (χ4v) is 2.85. The van der Waals surface area contributed by atoms with E-state index in [1.54, 1.807) is 4.90 Å². The Balaban J connectivity index is 1.63. The van der Waals surface area contributed by atoms with Crippen LogP contribution in [0.1, 0.15) is 38.5 Å². The molecule has 2 rings (SSSR count). The number of hydrogen-bond acceptors (Lipinski definition) is 2. The van der Waals surface area contributed by atoms with Gasteiger partial charge in [0.1, 0.15) is 0 Å². The molecule has 92 valence electrons. The number of amides is 2. The largest absolute Gasteiger partial charge is 0.351 e.